The summed E-state index contributed by atoms with van der Waals surface area (Å²) in [6, 6.07) is 4.13. The highest BCUT2D eigenvalue weighted by atomic mass is 79.9. The van der Waals surface area contributed by atoms with Gasteiger partial charge in [-0.3, -0.25) is 0 Å². The Morgan fingerprint density at radius 1 is 1.42 bits per heavy atom. The Morgan fingerprint density at radius 3 is 2.92 bits per heavy atom. The van der Waals surface area contributed by atoms with Crippen molar-refractivity contribution in [3.05, 3.63) is 38.8 Å². The number of hydrogen-bond donors (Lipinski definition) is 0. The summed E-state index contributed by atoms with van der Waals surface area (Å²) in [7, 11) is 0. The number of hydrogen-bond acceptors (Lipinski definition) is 0. The van der Waals surface area contributed by atoms with Crippen LogP contribution in [0.2, 0.25) is 5.02 Å². The molecule has 1 aliphatic carbocycles. The van der Waals surface area contributed by atoms with Crippen molar-refractivity contribution < 1.29 is 0 Å². The van der Waals surface area contributed by atoms with Gasteiger partial charge in [0, 0.05) is 4.47 Å². The molecule has 0 fully saturated rings. The zero-order valence-corrected chi connectivity index (χ0v) is 9.04. The van der Waals surface area contributed by atoms with Crippen LogP contribution in [0.3, 0.4) is 0 Å². The first kappa shape index (κ1) is 8.33. The lowest BCUT2D eigenvalue weighted by molar-refractivity contribution is 1.31. The van der Waals surface area contributed by atoms with Gasteiger partial charge in [-0.25, -0.2) is 0 Å². The topological polar surface area (TPSA) is 0 Å². The van der Waals surface area contributed by atoms with Crippen LogP contribution in [0.4, 0.5) is 0 Å². The minimum atomic E-state index is 0.803. The van der Waals surface area contributed by atoms with E-state index < -0.39 is 0 Å². The monoisotopic (exact) mass is 242 g/mol. The van der Waals surface area contributed by atoms with Gasteiger partial charge in [0.15, 0.2) is 0 Å². The predicted molar refractivity (Wildman–Crippen MR) is 56.5 cm³/mol. The molecular weight excluding hydrogens is 235 g/mol. The molecule has 0 unspecified atom stereocenters. The molecular formula is C10H8BrCl. The minimum absolute atomic E-state index is 0.803. The Kier molecular flexibility index (Phi) is 2.01. The van der Waals surface area contributed by atoms with E-state index in [2.05, 4.69) is 35.0 Å². The number of halogens is 2. The third-order valence-electron chi connectivity index (χ3n) is 2.20. The van der Waals surface area contributed by atoms with Crippen molar-refractivity contribution in [3.63, 3.8) is 0 Å². The molecule has 1 aromatic rings. The van der Waals surface area contributed by atoms with E-state index in [-0.39, 0.29) is 0 Å². The molecule has 2 rings (SSSR count). The summed E-state index contributed by atoms with van der Waals surface area (Å²) in [4.78, 5) is 0. The Labute approximate surface area is 85.4 Å². The predicted octanol–water partition coefficient (Wildman–Crippen LogP) is 4.06. The molecule has 0 heterocycles. The average molecular weight is 244 g/mol. The van der Waals surface area contributed by atoms with Gasteiger partial charge in [-0.05, 0) is 58.1 Å². The second-order valence-electron chi connectivity index (χ2n) is 3.01. The van der Waals surface area contributed by atoms with Crippen LogP contribution in [-0.2, 0) is 6.42 Å². The third kappa shape index (κ3) is 1.21. The molecule has 0 atom stereocenters. The zero-order chi connectivity index (χ0) is 8.72. The highest BCUT2D eigenvalue weighted by Gasteiger charge is 2.12. The normalized spacial score (nSPS) is 14.4. The zero-order valence-electron chi connectivity index (χ0n) is 6.70. The van der Waals surface area contributed by atoms with Crippen LogP contribution in [0, 0.1) is 0 Å². The Morgan fingerprint density at radius 2 is 2.17 bits per heavy atom. The molecule has 0 bridgehead atoms. The van der Waals surface area contributed by atoms with Crippen molar-refractivity contribution in [1.29, 1.82) is 0 Å². The van der Waals surface area contributed by atoms with Gasteiger partial charge in [-0.2, -0.15) is 0 Å². The van der Waals surface area contributed by atoms with Crippen LogP contribution in [-0.4, -0.2) is 0 Å². The summed E-state index contributed by atoms with van der Waals surface area (Å²) >= 11 is 9.39. The van der Waals surface area contributed by atoms with Crippen molar-refractivity contribution in [1.82, 2.24) is 0 Å². The highest BCUT2D eigenvalue weighted by Crippen LogP contribution is 2.33. The lowest BCUT2D eigenvalue weighted by Gasteiger charge is -2.03. The van der Waals surface area contributed by atoms with E-state index in [1.165, 1.54) is 16.7 Å². The first-order chi connectivity index (χ1) is 5.68. The van der Waals surface area contributed by atoms with Gasteiger partial charge in [0.1, 0.15) is 0 Å². The van der Waals surface area contributed by atoms with Gasteiger partial charge in [-0.1, -0.05) is 17.7 Å². The summed E-state index contributed by atoms with van der Waals surface area (Å²) in [5, 5.41) is 0.803. The second-order valence-corrected chi connectivity index (χ2v) is 4.28. The molecule has 0 aromatic heterocycles. The fourth-order valence-corrected chi connectivity index (χ4v) is 2.03. The molecule has 1 aromatic carbocycles. The maximum absolute atomic E-state index is 5.97. The van der Waals surface area contributed by atoms with E-state index in [0.29, 0.717) is 0 Å². The maximum atomic E-state index is 5.97. The standard InChI is InChI=1S/C10H8BrCl/c1-6-2-3-7-4-10(12)9(11)5-8(6)7/h2,4-5H,3H2,1H3. The van der Waals surface area contributed by atoms with Crippen LogP contribution in [0.25, 0.3) is 5.57 Å². The Hall–Kier alpha value is -0.270. The van der Waals surface area contributed by atoms with E-state index >= 15 is 0 Å². The van der Waals surface area contributed by atoms with Crippen molar-refractivity contribution >= 4 is 33.1 Å². The van der Waals surface area contributed by atoms with E-state index in [1.807, 2.05) is 6.07 Å². The van der Waals surface area contributed by atoms with Crippen molar-refractivity contribution in [2.75, 3.05) is 0 Å². The van der Waals surface area contributed by atoms with Gasteiger partial charge in [0.05, 0.1) is 5.02 Å². The molecule has 0 nitrogen and oxygen atoms in total. The van der Waals surface area contributed by atoms with E-state index in [9.17, 15) is 0 Å². The molecule has 0 saturated carbocycles. The minimum Gasteiger partial charge on any atom is -0.0831 e. The number of benzene rings is 1. The SMILES string of the molecule is CC1=CCc2cc(Cl)c(Br)cc21. The van der Waals surface area contributed by atoms with Crippen LogP contribution < -0.4 is 0 Å². The molecule has 2 heteroatoms. The highest BCUT2D eigenvalue weighted by molar-refractivity contribution is 9.10. The van der Waals surface area contributed by atoms with Crippen LogP contribution in [0.15, 0.2) is 22.7 Å². The van der Waals surface area contributed by atoms with Crippen LogP contribution in [0.1, 0.15) is 18.1 Å². The van der Waals surface area contributed by atoms with Gasteiger partial charge in [0.25, 0.3) is 0 Å². The second kappa shape index (κ2) is 2.90. The molecule has 1 aliphatic rings. The lowest BCUT2D eigenvalue weighted by atomic mass is 10.1. The Balaban J connectivity index is 2.63. The molecule has 62 valence electrons. The summed E-state index contributed by atoms with van der Waals surface area (Å²) in [5.74, 6) is 0. The molecule has 0 saturated heterocycles. The molecule has 0 N–H and O–H groups in total. The quantitative estimate of drug-likeness (QED) is 0.644. The van der Waals surface area contributed by atoms with Gasteiger partial charge < -0.3 is 0 Å². The fourth-order valence-electron chi connectivity index (χ4n) is 1.50. The summed E-state index contributed by atoms with van der Waals surface area (Å²) < 4.78 is 0.984. The van der Waals surface area contributed by atoms with Crippen molar-refractivity contribution in [2.24, 2.45) is 0 Å². The van der Waals surface area contributed by atoms with Crippen LogP contribution in [0.5, 0.6) is 0 Å². The smallest absolute Gasteiger partial charge is 0.0551 e. The number of allylic oxidation sites excluding steroid dienone is 2. The van der Waals surface area contributed by atoms with Crippen molar-refractivity contribution in [3.8, 4) is 0 Å². The van der Waals surface area contributed by atoms with Gasteiger partial charge in [0.2, 0.25) is 0 Å². The first-order valence-corrected chi connectivity index (χ1v) is 5.00. The summed E-state index contributed by atoms with van der Waals surface area (Å²) in [5.41, 5.74) is 4.01. The number of fused-ring (bicyclic) bond motifs is 1. The average Bonchev–Trinajstić information content (AvgIpc) is 2.35. The summed E-state index contributed by atoms with van der Waals surface area (Å²) in [6.45, 7) is 2.13. The van der Waals surface area contributed by atoms with Crippen LogP contribution >= 0.6 is 27.5 Å². The lowest BCUT2D eigenvalue weighted by Crippen LogP contribution is -1.83. The Bertz CT molecular complexity index is 366. The van der Waals surface area contributed by atoms with Gasteiger partial charge in [-0.15, -0.1) is 0 Å². The fraction of sp³-hybridized carbons (Fsp3) is 0.200. The molecule has 0 radical (unpaired) electrons. The summed E-state index contributed by atoms with van der Waals surface area (Å²) in [6.07, 6.45) is 3.25. The largest absolute Gasteiger partial charge is 0.0831 e. The van der Waals surface area contributed by atoms with E-state index in [0.717, 1.165) is 15.9 Å². The molecule has 0 aliphatic heterocycles. The van der Waals surface area contributed by atoms with E-state index in [4.69, 9.17) is 11.6 Å². The molecule has 0 spiro atoms. The molecule has 12 heavy (non-hydrogen) atoms. The van der Waals surface area contributed by atoms with Crippen molar-refractivity contribution in [2.45, 2.75) is 13.3 Å². The van der Waals surface area contributed by atoms with Gasteiger partial charge >= 0.3 is 0 Å². The first-order valence-electron chi connectivity index (χ1n) is 3.83. The maximum Gasteiger partial charge on any atom is 0.0551 e. The third-order valence-corrected chi connectivity index (χ3v) is 3.40. The number of rotatable bonds is 0. The van der Waals surface area contributed by atoms with E-state index in [1.54, 1.807) is 0 Å². The molecule has 0 amide bonds.